The van der Waals surface area contributed by atoms with Crippen LogP contribution in [0.2, 0.25) is 5.02 Å². The van der Waals surface area contributed by atoms with Crippen molar-refractivity contribution < 1.29 is 13.2 Å². The average molecular weight is 318 g/mol. The van der Waals surface area contributed by atoms with Crippen LogP contribution in [0.4, 0.5) is 0 Å². The van der Waals surface area contributed by atoms with Crippen LogP contribution in [0.3, 0.4) is 0 Å². The highest BCUT2D eigenvalue weighted by Gasteiger charge is 2.40. The van der Waals surface area contributed by atoms with Gasteiger partial charge in [0.15, 0.2) is 0 Å². The third kappa shape index (κ3) is 3.52. The van der Waals surface area contributed by atoms with Crippen LogP contribution in [0, 0.1) is 0 Å². The Hall–Kier alpha value is -0.620. The molecule has 0 spiro atoms. The minimum Gasteiger partial charge on any atom is -0.375 e. The van der Waals surface area contributed by atoms with Gasteiger partial charge in [0, 0.05) is 11.6 Å². The van der Waals surface area contributed by atoms with E-state index >= 15 is 0 Å². The van der Waals surface area contributed by atoms with Crippen molar-refractivity contribution in [2.24, 2.45) is 0 Å². The summed E-state index contributed by atoms with van der Waals surface area (Å²) in [5, 5.41) is 0.603. The SMILES string of the molecule is CC1CN(S(=O)(=O)Cc2ccc(Cl)cc2)C(C)(C)CO1. The summed E-state index contributed by atoms with van der Waals surface area (Å²) in [6.45, 7) is 6.47. The van der Waals surface area contributed by atoms with E-state index in [1.807, 2.05) is 20.8 Å². The molecule has 4 nitrogen and oxygen atoms in total. The van der Waals surface area contributed by atoms with Gasteiger partial charge in [-0.15, -0.1) is 0 Å². The summed E-state index contributed by atoms with van der Waals surface area (Å²) in [6.07, 6.45) is -0.0805. The van der Waals surface area contributed by atoms with E-state index in [4.69, 9.17) is 16.3 Å². The molecular weight excluding hydrogens is 298 g/mol. The highest BCUT2D eigenvalue weighted by Crippen LogP contribution is 2.27. The van der Waals surface area contributed by atoms with Crippen molar-refractivity contribution in [1.82, 2.24) is 4.31 Å². The van der Waals surface area contributed by atoms with Crippen molar-refractivity contribution in [2.75, 3.05) is 13.2 Å². The van der Waals surface area contributed by atoms with Crippen LogP contribution in [0.25, 0.3) is 0 Å². The molecule has 0 radical (unpaired) electrons. The zero-order valence-electron chi connectivity index (χ0n) is 12.0. The van der Waals surface area contributed by atoms with Crippen molar-refractivity contribution in [3.05, 3.63) is 34.9 Å². The molecule has 1 aliphatic rings. The van der Waals surface area contributed by atoms with Crippen molar-refractivity contribution in [2.45, 2.75) is 38.2 Å². The monoisotopic (exact) mass is 317 g/mol. The van der Waals surface area contributed by atoms with E-state index < -0.39 is 15.6 Å². The maximum atomic E-state index is 12.6. The van der Waals surface area contributed by atoms with Crippen molar-refractivity contribution in [3.63, 3.8) is 0 Å². The summed E-state index contributed by atoms with van der Waals surface area (Å²) in [5.74, 6) is -0.0136. The van der Waals surface area contributed by atoms with E-state index in [1.54, 1.807) is 28.6 Å². The molecule has 1 heterocycles. The summed E-state index contributed by atoms with van der Waals surface area (Å²) < 4.78 is 32.4. The number of hydrogen-bond donors (Lipinski definition) is 0. The van der Waals surface area contributed by atoms with Gasteiger partial charge < -0.3 is 4.74 Å². The lowest BCUT2D eigenvalue weighted by molar-refractivity contribution is -0.0551. The molecule has 0 N–H and O–H groups in total. The quantitative estimate of drug-likeness (QED) is 0.861. The third-order valence-electron chi connectivity index (χ3n) is 3.42. The Morgan fingerprint density at radius 2 is 1.95 bits per heavy atom. The number of rotatable bonds is 3. The van der Waals surface area contributed by atoms with Gasteiger partial charge in [0.05, 0.1) is 24.0 Å². The Kier molecular flexibility index (Phi) is 4.44. The van der Waals surface area contributed by atoms with Gasteiger partial charge >= 0.3 is 0 Å². The van der Waals surface area contributed by atoms with Crippen LogP contribution in [0.15, 0.2) is 24.3 Å². The predicted octanol–water partition coefficient (Wildman–Crippen LogP) is 2.67. The number of nitrogens with zero attached hydrogens (tertiary/aromatic N) is 1. The van der Waals surface area contributed by atoms with Gasteiger partial charge in [-0.3, -0.25) is 0 Å². The molecule has 1 aromatic rings. The minimum atomic E-state index is -3.38. The van der Waals surface area contributed by atoms with E-state index in [0.29, 0.717) is 18.2 Å². The first-order valence-electron chi connectivity index (χ1n) is 6.57. The Bertz CT molecular complexity index is 569. The maximum absolute atomic E-state index is 12.6. The van der Waals surface area contributed by atoms with E-state index in [9.17, 15) is 8.42 Å². The Morgan fingerprint density at radius 1 is 1.35 bits per heavy atom. The predicted molar refractivity (Wildman–Crippen MR) is 80.3 cm³/mol. The minimum absolute atomic E-state index is 0.0136. The van der Waals surface area contributed by atoms with Crippen LogP contribution in [-0.4, -0.2) is 37.5 Å². The van der Waals surface area contributed by atoms with Crippen molar-refractivity contribution in [3.8, 4) is 0 Å². The maximum Gasteiger partial charge on any atom is 0.218 e. The second-order valence-electron chi connectivity index (χ2n) is 5.85. The zero-order chi connectivity index (χ0) is 15.0. The zero-order valence-corrected chi connectivity index (χ0v) is 13.5. The first-order chi connectivity index (χ1) is 9.21. The van der Waals surface area contributed by atoms with Gasteiger partial charge in [0.25, 0.3) is 0 Å². The molecule has 0 aliphatic carbocycles. The lowest BCUT2D eigenvalue weighted by Crippen LogP contribution is -2.57. The van der Waals surface area contributed by atoms with Gasteiger partial charge in [-0.25, -0.2) is 8.42 Å². The van der Waals surface area contributed by atoms with E-state index in [-0.39, 0.29) is 11.9 Å². The average Bonchev–Trinajstić information content (AvgIpc) is 2.35. The normalized spacial score (nSPS) is 23.7. The summed E-state index contributed by atoms with van der Waals surface area (Å²) in [6, 6.07) is 6.91. The number of halogens is 1. The lowest BCUT2D eigenvalue weighted by atomic mass is 10.1. The topological polar surface area (TPSA) is 46.6 Å². The van der Waals surface area contributed by atoms with Crippen molar-refractivity contribution >= 4 is 21.6 Å². The molecule has 6 heteroatoms. The third-order valence-corrected chi connectivity index (χ3v) is 5.68. The number of morpholine rings is 1. The Balaban J connectivity index is 2.22. The highest BCUT2D eigenvalue weighted by atomic mass is 35.5. The number of hydrogen-bond acceptors (Lipinski definition) is 3. The summed E-state index contributed by atoms with van der Waals surface area (Å²) in [4.78, 5) is 0. The number of benzene rings is 1. The second kappa shape index (κ2) is 5.64. The fourth-order valence-corrected chi connectivity index (χ4v) is 4.45. The number of ether oxygens (including phenoxy) is 1. The van der Waals surface area contributed by atoms with Crippen LogP contribution in [0.1, 0.15) is 26.3 Å². The fourth-order valence-electron chi connectivity index (χ4n) is 2.31. The van der Waals surface area contributed by atoms with E-state index in [2.05, 4.69) is 0 Å². The summed E-state index contributed by atoms with van der Waals surface area (Å²) >= 11 is 5.82. The second-order valence-corrected chi connectivity index (χ2v) is 8.18. The summed E-state index contributed by atoms with van der Waals surface area (Å²) in [5.41, 5.74) is 0.224. The van der Waals surface area contributed by atoms with Crippen LogP contribution < -0.4 is 0 Å². The molecule has 1 aromatic carbocycles. The molecule has 20 heavy (non-hydrogen) atoms. The fraction of sp³-hybridized carbons (Fsp3) is 0.571. The Morgan fingerprint density at radius 3 is 2.55 bits per heavy atom. The van der Waals surface area contributed by atoms with Gasteiger partial charge in [-0.1, -0.05) is 23.7 Å². The molecule has 1 saturated heterocycles. The van der Waals surface area contributed by atoms with Gasteiger partial charge in [0.2, 0.25) is 10.0 Å². The lowest BCUT2D eigenvalue weighted by Gasteiger charge is -2.43. The van der Waals surface area contributed by atoms with Gasteiger partial charge in [-0.05, 0) is 38.5 Å². The van der Waals surface area contributed by atoms with E-state index in [1.165, 1.54) is 0 Å². The van der Waals surface area contributed by atoms with Gasteiger partial charge in [0.1, 0.15) is 0 Å². The first-order valence-corrected chi connectivity index (χ1v) is 8.56. The van der Waals surface area contributed by atoms with E-state index in [0.717, 1.165) is 5.56 Å². The molecular formula is C14H20ClNO3S. The molecule has 112 valence electrons. The van der Waals surface area contributed by atoms with Gasteiger partial charge in [-0.2, -0.15) is 4.31 Å². The molecule has 1 aliphatic heterocycles. The molecule has 1 unspecified atom stereocenters. The smallest absolute Gasteiger partial charge is 0.218 e. The van der Waals surface area contributed by atoms with Crippen LogP contribution in [-0.2, 0) is 20.5 Å². The molecule has 0 amide bonds. The summed E-state index contributed by atoms with van der Waals surface area (Å²) in [7, 11) is -3.38. The molecule has 2 rings (SSSR count). The first kappa shape index (κ1) is 15.8. The molecule has 1 atom stereocenters. The highest BCUT2D eigenvalue weighted by molar-refractivity contribution is 7.88. The largest absolute Gasteiger partial charge is 0.375 e. The van der Waals surface area contributed by atoms with Crippen LogP contribution >= 0.6 is 11.6 Å². The Labute approximate surface area is 125 Å². The molecule has 0 saturated carbocycles. The van der Waals surface area contributed by atoms with Crippen molar-refractivity contribution in [1.29, 1.82) is 0 Å². The number of sulfonamides is 1. The molecule has 1 fully saturated rings. The standard InChI is InChI=1S/C14H20ClNO3S/c1-11-8-16(14(2,3)10-19-11)20(17,18)9-12-4-6-13(15)7-5-12/h4-7,11H,8-10H2,1-3H3. The van der Waals surface area contributed by atoms with Crippen LogP contribution in [0.5, 0.6) is 0 Å². The molecule has 0 aromatic heterocycles. The molecule has 0 bridgehead atoms.